The Hall–Kier alpha value is -1.56. The Kier molecular flexibility index (Phi) is 4.94. The molecule has 1 aromatic carbocycles. The summed E-state index contributed by atoms with van der Waals surface area (Å²) in [5.74, 6) is -0.0959. The van der Waals surface area contributed by atoms with E-state index in [9.17, 15) is 13.2 Å². The lowest BCUT2D eigenvalue weighted by Crippen LogP contribution is -2.22. The molecule has 0 aliphatic carbocycles. The number of benzene rings is 1. The lowest BCUT2D eigenvalue weighted by atomic mass is 10.2. The zero-order chi connectivity index (χ0) is 14.6. The Labute approximate surface area is 114 Å². The first-order chi connectivity index (χ1) is 8.74. The van der Waals surface area contributed by atoms with E-state index in [1.165, 1.54) is 11.0 Å². The molecule has 19 heavy (non-hydrogen) atoms. The molecule has 0 radical (unpaired) electrons. The van der Waals surface area contributed by atoms with Crippen LogP contribution in [0.3, 0.4) is 0 Å². The summed E-state index contributed by atoms with van der Waals surface area (Å²) < 4.78 is 24.3. The molecule has 0 fully saturated rings. The fourth-order valence-electron chi connectivity index (χ4n) is 1.77. The molecule has 0 spiro atoms. The largest absolute Gasteiger partial charge is 0.399 e. The standard InChI is InChI=1S/C13H20N2O3S/c1-10-9-11(14)6-7-12(10)19(17,18)8-4-5-13(16)15(2)3/h6-7,9H,4-5,8,14H2,1-3H3. The van der Waals surface area contributed by atoms with Gasteiger partial charge in [0, 0.05) is 26.2 Å². The van der Waals surface area contributed by atoms with E-state index in [-0.39, 0.29) is 18.1 Å². The zero-order valence-corrected chi connectivity index (χ0v) is 12.3. The molecule has 0 atom stereocenters. The summed E-state index contributed by atoms with van der Waals surface area (Å²) in [6, 6.07) is 4.73. The molecule has 0 aliphatic heterocycles. The summed E-state index contributed by atoms with van der Waals surface area (Å²) >= 11 is 0. The molecular weight excluding hydrogens is 264 g/mol. The Balaban J connectivity index is 2.74. The summed E-state index contributed by atoms with van der Waals surface area (Å²) in [6.07, 6.45) is 0.559. The molecule has 1 amide bonds. The number of carbonyl (C=O) groups is 1. The number of nitrogens with zero attached hydrogens (tertiary/aromatic N) is 1. The highest BCUT2D eigenvalue weighted by atomic mass is 32.2. The van der Waals surface area contributed by atoms with Crippen molar-refractivity contribution < 1.29 is 13.2 Å². The van der Waals surface area contributed by atoms with Crippen LogP contribution in [0.25, 0.3) is 0 Å². The molecule has 0 bridgehead atoms. The molecule has 0 saturated carbocycles. The molecule has 1 aromatic rings. The van der Waals surface area contributed by atoms with E-state index in [4.69, 9.17) is 5.73 Å². The van der Waals surface area contributed by atoms with Crippen molar-refractivity contribution in [2.24, 2.45) is 0 Å². The topological polar surface area (TPSA) is 80.5 Å². The van der Waals surface area contributed by atoms with Crippen molar-refractivity contribution >= 4 is 21.4 Å². The van der Waals surface area contributed by atoms with Gasteiger partial charge in [0.25, 0.3) is 0 Å². The number of aryl methyl sites for hydroxylation is 1. The van der Waals surface area contributed by atoms with Crippen molar-refractivity contribution in [1.29, 1.82) is 0 Å². The third kappa shape index (κ3) is 4.24. The van der Waals surface area contributed by atoms with Crippen LogP contribution >= 0.6 is 0 Å². The molecule has 5 nitrogen and oxygen atoms in total. The first kappa shape index (κ1) is 15.5. The zero-order valence-electron chi connectivity index (χ0n) is 11.5. The van der Waals surface area contributed by atoms with Crippen LogP contribution in [0.15, 0.2) is 23.1 Å². The maximum atomic E-state index is 12.1. The molecule has 0 heterocycles. The normalized spacial score (nSPS) is 11.3. The quantitative estimate of drug-likeness (QED) is 0.824. The van der Waals surface area contributed by atoms with Crippen LogP contribution in [-0.4, -0.2) is 39.1 Å². The summed E-state index contributed by atoms with van der Waals surface area (Å²) in [7, 11) is -0.0479. The minimum absolute atomic E-state index is 0.0304. The average molecular weight is 284 g/mol. The highest BCUT2D eigenvalue weighted by Gasteiger charge is 2.17. The van der Waals surface area contributed by atoms with E-state index in [0.29, 0.717) is 22.6 Å². The first-order valence-corrected chi connectivity index (χ1v) is 7.68. The van der Waals surface area contributed by atoms with Crippen LogP contribution in [-0.2, 0) is 14.6 Å². The molecule has 2 N–H and O–H groups in total. The lowest BCUT2D eigenvalue weighted by molar-refractivity contribution is -0.128. The van der Waals surface area contributed by atoms with E-state index < -0.39 is 9.84 Å². The number of nitrogens with two attached hydrogens (primary N) is 1. The second-order valence-electron chi connectivity index (χ2n) is 4.74. The highest BCUT2D eigenvalue weighted by molar-refractivity contribution is 7.91. The van der Waals surface area contributed by atoms with Gasteiger partial charge >= 0.3 is 0 Å². The molecule has 0 aliphatic rings. The summed E-state index contributed by atoms with van der Waals surface area (Å²) in [6.45, 7) is 1.72. The Morgan fingerprint density at radius 3 is 2.47 bits per heavy atom. The van der Waals surface area contributed by atoms with Gasteiger partial charge in [-0.25, -0.2) is 8.42 Å². The molecule has 0 unspecified atom stereocenters. The van der Waals surface area contributed by atoms with Crippen LogP contribution in [0.1, 0.15) is 18.4 Å². The fraction of sp³-hybridized carbons (Fsp3) is 0.462. The van der Waals surface area contributed by atoms with E-state index in [2.05, 4.69) is 0 Å². The molecule has 0 aromatic heterocycles. The van der Waals surface area contributed by atoms with Crippen molar-refractivity contribution in [3.8, 4) is 0 Å². The van der Waals surface area contributed by atoms with Gasteiger partial charge in [-0.15, -0.1) is 0 Å². The van der Waals surface area contributed by atoms with Crippen molar-refractivity contribution in [2.45, 2.75) is 24.7 Å². The van der Waals surface area contributed by atoms with Gasteiger partial charge in [-0.05, 0) is 37.1 Å². The van der Waals surface area contributed by atoms with Gasteiger partial charge in [-0.3, -0.25) is 4.79 Å². The highest BCUT2D eigenvalue weighted by Crippen LogP contribution is 2.20. The number of carbonyl (C=O) groups excluding carboxylic acids is 1. The van der Waals surface area contributed by atoms with E-state index >= 15 is 0 Å². The number of amides is 1. The fourth-order valence-corrected chi connectivity index (χ4v) is 3.34. The predicted octanol–water partition coefficient (Wildman–Crippen LogP) is 1.22. The van der Waals surface area contributed by atoms with Crippen molar-refractivity contribution in [2.75, 3.05) is 25.6 Å². The maximum absolute atomic E-state index is 12.1. The van der Waals surface area contributed by atoms with Gasteiger partial charge in [0.2, 0.25) is 5.91 Å². The minimum atomic E-state index is -3.36. The molecular formula is C13H20N2O3S. The molecule has 6 heteroatoms. The van der Waals surface area contributed by atoms with Crippen LogP contribution in [0.5, 0.6) is 0 Å². The van der Waals surface area contributed by atoms with Gasteiger partial charge < -0.3 is 10.6 Å². The molecule has 1 rings (SSSR count). The van der Waals surface area contributed by atoms with Crippen molar-refractivity contribution in [3.63, 3.8) is 0 Å². The van der Waals surface area contributed by atoms with Gasteiger partial charge in [0.05, 0.1) is 10.6 Å². The van der Waals surface area contributed by atoms with Gasteiger partial charge in [0.15, 0.2) is 9.84 Å². The second-order valence-corrected chi connectivity index (χ2v) is 6.81. The first-order valence-electron chi connectivity index (χ1n) is 6.03. The summed E-state index contributed by atoms with van der Waals surface area (Å²) in [5, 5.41) is 0. The average Bonchev–Trinajstić information content (AvgIpc) is 2.27. The van der Waals surface area contributed by atoms with Crippen molar-refractivity contribution in [3.05, 3.63) is 23.8 Å². The third-order valence-corrected chi connectivity index (χ3v) is 4.79. The number of hydrogen-bond acceptors (Lipinski definition) is 4. The summed E-state index contributed by atoms with van der Waals surface area (Å²) in [5.41, 5.74) is 6.78. The number of hydrogen-bond donors (Lipinski definition) is 1. The van der Waals surface area contributed by atoms with E-state index in [1.54, 1.807) is 33.2 Å². The van der Waals surface area contributed by atoms with Gasteiger partial charge in [-0.1, -0.05) is 0 Å². The monoisotopic (exact) mass is 284 g/mol. The molecule has 0 saturated heterocycles. The van der Waals surface area contributed by atoms with Gasteiger partial charge in [0.1, 0.15) is 0 Å². The lowest BCUT2D eigenvalue weighted by Gasteiger charge is -2.11. The van der Waals surface area contributed by atoms with Gasteiger partial charge in [-0.2, -0.15) is 0 Å². The van der Waals surface area contributed by atoms with Crippen LogP contribution < -0.4 is 5.73 Å². The van der Waals surface area contributed by atoms with E-state index in [0.717, 1.165) is 0 Å². The van der Waals surface area contributed by atoms with Crippen molar-refractivity contribution in [1.82, 2.24) is 4.90 Å². The Morgan fingerprint density at radius 1 is 1.32 bits per heavy atom. The minimum Gasteiger partial charge on any atom is -0.399 e. The van der Waals surface area contributed by atoms with E-state index in [1.807, 2.05) is 0 Å². The Morgan fingerprint density at radius 2 is 1.95 bits per heavy atom. The van der Waals surface area contributed by atoms with Crippen LogP contribution in [0.4, 0.5) is 5.69 Å². The maximum Gasteiger partial charge on any atom is 0.222 e. The smallest absolute Gasteiger partial charge is 0.222 e. The number of rotatable bonds is 5. The van der Waals surface area contributed by atoms with Crippen LogP contribution in [0, 0.1) is 6.92 Å². The number of nitrogen functional groups attached to an aromatic ring is 1. The summed E-state index contributed by atoms with van der Waals surface area (Å²) in [4.78, 5) is 13.1. The SMILES string of the molecule is Cc1cc(N)ccc1S(=O)(=O)CCCC(=O)N(C)C. The Bertz CT molecular complexity index is 565. The molecule has 106 valence electrons. The predicted molar refractivity (Wildman–Crippen MR) is 75.6 cm³/mol. The third-order valence-electron chi connectivity index (χ3n) is 2.84. The van der Waals surface area contributed by atoms with Crippen LogP contribution in [0.2, 0.25) is 0 Å². The number of anilines is 1. The number of sulfone groups is 1. The second kappa shape index (κ2) is 6.06.